The van der Waals surface area contributed by atoms with E-state index in [1.807, 2.05) is 6.20 Å². The van der Waals surface area contributed by atoms with E-state index in [1.54, 1.807) is 29.9 Å². The van der Waals surface area contributed by atoms with Crippen molar-refractivity contribution in [1.29, 1.82) is 0 Å². The van der Waals surface area contributed by atoms with Gasteiger partial charge in [-0.1, -0.05) is 0 Å². The van der Waals surface area contributed by atoms with E-state index in [4.69, 9.17) is 0 Å². The highest BCUT2D eigenvalue weighted by Crippen LogP contribution is 2.15. The first-order valence-electron chi connectivity index (χ1n) is 6.82. The SMILES string of the molecule is CN=C(NCC(=O)N(C)CC(F)(F)F)N(C)Cc1cnn(C)c1.I. The lowest BCUT2D eigenvalue weighted by Gasteiger charge is -2.23. The summed E-state index contributed by atoms with van der Waals surface area (Å²) in [6.45, 7) is -1.05. The van der Waals surface area contributed by atoms with Gasteiger partial charge in [0.05, 0.1) is 12.7 Å². The Morgan fingerprint density at radius 3 is 2.46 bits per heavy atom. The first-order chi connectivity index (χ1) is 10.6. The molecule has 1 heterocycles. The third-order valence-corrected chi connectivity index (χ3v) is 2.99. The van der Waals surface area contributed by atoms with Gasteiger partial charge in [0.2, 0.25) is 5.91 Å². The molecule has 1 amide bonds. The van der Waals surface area contributed by atoms with Gasteiger partial charge in [-0.05, 0) is 0 Å². The standard InChI is InChI=1S/C13H21F3N6O.HI/c1-17-12(20(2)7-10-5-19-22(4)8-10)18-6-11(23)21(3)9-13(14,15)16;/h5,8H,6-7,9H2,1-4H3,(H,17,18);1H. The van der Waals surface area contributed by atoms with Gasteiger partial charge in [-0.3, -0.25) is 14.5 Å². The summed E-state index contributed by atoms with van der Waals surface area (Å²) in [5.74, 6) is -0.263. The van der Waals surface area contributed by atoms with Gasteiger partial charge in [-0.2, -0.15) is 18.3 Å². The quantitative estimate of drug-likeness (QED) is 0.404. The zero-order valence-electron chi connectivity index (χ0n) is 14.0. The van der Waals surface area contributed by atoms with E-state index in [1.165, 1.54) is 7.05 Å². The van der Waals surface area contributed by atoms with Gasteiger partial charge in [0.1, 0.15) is 6.54 Å². The molecule has 0 atom stereocenters. The second-order valence-corrected chi connectivity index (χ2v) is 5.14. The maximum atomic E-state index is 12.2. The molecule has 7 nitrogen and oxygen atoms in total. The van der Waals surface area contributed by atoms with Crippen LogP contribution in [0.5, 0.6) is 0 Å². The van der Waals surface area contributed by atoms with Crippen molar-refractivity contribution in [2.75, 3.05) is 34.2 Å². The molecule has 0 fully saturated rings. The lowest BCUT2D eigenvalue weighted by Crippen LogP contribution is -2.45. The van der Waals surface area contributed by atoms with Gasteiger partial charge < -0.3 is 15.1 Å². The molecular formula is C13H22F3IN6O. The van der Waals surface area contributed by atoms with Crippen LogP contribution in [-0.2, 0) is 18.4 Å². The molecular weight excluding hydrogens is 440 g/mol. The number of rotatable bonds is 5. The first-order valence-corrected chi connectivity index (χ1v) is 6.82. The molecule has 11 heteroatoms. The monoisotopic (exact) mass is 462 g/mol. The number of aliphatic imine (C=N–C) groups is 1. The smallest absolute Gasteiger partial charge is 0.347 e. The highest BCUT2D eigenvalue weighted by atomic mass is 127. The van der Waals surface area contributed by atoms with Crippen LogP contribution in [0.3, 0.4) is 0 Å². The van der Waals surface area contributed by atoms with Crippen LogP contribution in [0.15, 0.2) is 17.4 Å². The second-order valence-electron chi connectivity index (χ2n) is 5.14. The number of halogens is 4. The molecule has 0 unspecified atom stereocenters. The number of carbonyl (C=O) groups excluding carboxylic acids is 1. The average Bonchev–Trinajstić information content (AvgIpc) is 2.82. The van der Waals surface area contributed by atoms with Crippen molar-refractivity contribution in [2.24, 2.45) is 12.0 Å². The number of likely N-dealkylation sites (N-methyl/N-ethyl adjacent to an activating group) is 1. The molecule has 0 saturated heterocycles. The molecule has 0 aliphatic heterocycles. The summed E-state index contributed by atoms with van der Waals surface area (Å²) in [5.41, 5.74) is 0.943. The Hall–Kier alpha value is -1.53. The van der Waals surface area contributed by atoms with E-state index in [-0.39, 0.29) is 30.5 Å². The summed E-state index contributed by atoms with van der Waals surface area (Å²) < 4.78 is 38.4. The molecule has 0 saturated carbocycles. The third-order valence-electron chi connectivity index (χ3n) is 2.99. The topological polar surface area (TPSA) is 65.8 Å². The maximum absolute atomic E-state index is 12.2. The van der Waals surface area contributed by atoms with Crippen LogP contribution in [-0.4, -0.2) is 71.9 Å². The van der Waals surface area contributed by atoms with E-state index in [0.29, 0.717) is 17.4 Å². The van der Waals surface area contributed by atoms with Crippen molar-refractivity contribution in [2.45, 2.75) is 12.7 Å². The number of carbonyl (C=O) groups is 1. The predicted molar refractivity (Wildman–Crippen MR) is 95.1 cm³/mol. The van der Waals surface area contributed by atoms with E-state index in [0.717, 1.165) is 12.6 Å². The van der Waals surface area contributed by atoms with Crippen molar-refractivity contribution in [3.8, 4) is 0 Å². The van der Waals surface area contributed by atoms with Crippen molar-refractivity contribution < 1.29 is 18.0 Å². The third kappa shape index (κ3) is 7.84. The molecule has 1 aromatic heterocycles. The number of hydrogen-bond acceptors (Lipinski definition) is 3. The number of hydrogen-bond donors (Lipinski definition) is 1. The Balaban J connectivity index is 0.00000529. The second kappa shape index (κ2) is 9.69. The highest BCUT2D eigenvalue weighted by Gasteiger charge is 2.31. The fourth-order valence-electron chi connectivity index (χ4n) is 1.93. The summed E-state index contributed by atoms with van der Waals surface area (Å²) in [7, 11) is 6.20. The Bertz CT molecular complexity index is 560. The summed E-state index contributed by atoms with van der Waals surface area (Å²) >= 11 is 0. The van der Waals surface area contributed by atoms with Crippen molar-refractivity contribution in [1.82, 2.24) is 24.9 Å². The number of aromatic nitrogens is 2. The van der Waals surface area contributed by atoms with Gasteiger partial charge in [-0.15, -0.1) is 24.0 Å². The summed E-state index contributed by atoms with van der Waals surface area (Å²) in [6, 6.07) is 0. The number of nitrogens with one attached hydrogen (secondary N) is 1. The zero-order chi connectivity index (χ0) is 17.6. The first kappa shape index (κ1) is 22.5. The Morgan fingerprint density at radius 1 is 1.38 bits per heavy atom. The zero-order valence-corrected chi connectivity index (χ0v) is 16.3. The normalized spacial score (nSPS) is 11.7. The lowest BCUT2D eigenvalue weighted by molar-refractivity contribution is -0.157. The minimum absolute atomic E-state index is 0. The van der Waals surface area contributed by atoms with Gasteiger partial charge in [0, 0.05) is 46.5 Å². The fraction of sp³-hybridized carbons (Fsp3) is 0.615. The molecule has 0 aliphatic carbocycles. The minimum Gasteiger partial charge on any atom is -0.347 e. The summed E-state index contributed by atoms with van der Waals surface area (Å²) in [4.78, 5) is 18.1. The van der Waals surface area contributed by atoms with Gasteiger partial charge in [0.15, 0.2) is 5.96 Å². The van der Waals surface area contributed by atoms with Gasteiger partial charge in [-0.25, -0.2) is 0 Å². The highest BCUT2D eigenvalue weighted by molar-refractivity contribution is 14.0. The van der Waals surface area contributed by atoms with E-state index in [2.05, 4.69) is 15.4 Å². The average molecular weight is 462 g/mol. The summed E-state index contributed by atoms with van der Waals surface area (Å²) in [6.07, 6.45) is -0.874. The molecule has 1 N–H and O–H groups in total. The molecule has 24 heavy (non-hydrogen) atoms. The van der Waals surface area contributed by atoms with E-state index >= 15 is 0 Å². The predicted octanol–water partition coefficient (Wildman–Crippen LogP) is 1.07. The Labute approximate surface area is 155 Å². The molecule has 0 radical (unpaired) electrons. The molecule has 1 aromatic rings. The van der Waals surface area contributed by atoms with Gasteiger partial charge >= 0.3 is 6.18 Å². The molecule has 1 rings (SSSR count). The number of alkyl halides is 3. The van der Waals surface area contributed by atoms with E-state index < -0.39 is 18.6 Å². The molecule has 0 bridgehead atoms. The Kier molecular flexibility index (Phi) is 9.07. The maximum Gasteiger partial charge on any atom is 0.406 e. The van der Waals surface area contributed by atoms with E-state index in [9.17, 15) is 18.0 Å². The fourth-order valence-corrected chi connectivity index (χ4v) is 1.93. The molecule has 0 spiro atoms. The van der Waals surface area contributed by atoms with Crippen LogP contribution < -0.4 is 5.32 Å². The lowest BCUT2D eigenvalue weighted by atomic mass is 10.3. The minimum atomic E-state index is -4.41. The van der Waals surface area contributed by atoms with Crippen LogP contribution in [0.25, 0.3) is 0 Å². The summed E-state index contributed by atoms with van der Waals surface area (Å²) in [5, 5.41) is 6.80. The van der Waals surface area contributed by atoms with Crippen LogP contribution in [0.1, 0.15) is 5.56 Å². The number of aryl methyl sites for hydroxylation is 1. The van der Waals surface area contributed by atoms with Crippen LogP contribution in [0, 0.1) is 0 Å². The largest absolute Gasteiger partial charge is 0.406 e. The van der Waals surface area contributed by atoms with Crippen molar-refractivity contribution >= 4 is 35.8 Å². The molecule has 138 valence electrons. The van der Waals surface area contributed by atoms with Gasteiger partial charge in [0.25, 0.3) is 0 Å². The molecule has 0 aromatic carbocycles. The number of guanidine groups is 1. The van der Waals surface area contributed by atoms with Crippen LogP contribution in [0.4, 0.5) is 13.2 Å². The Morgan fingerprint density at radius 2 is 2.00 bits per heavy atom. The van der Waals surface area contributed by atoms with Crippen molar-refractivity contribution in [3.63, 3.8) is 0 Å². The van der Waals surface area contributed by atoms with Crippen LogP contribution in [0.2, 0.25) is 0 Å². The molecule has 0 aliphatic rings. The number of nitrogens with zero attached hydrogens (tertiary/aromatic N) is 5. The van der Waals surface area contributed by atoms with Crippen LogP contribution >= 0.6 is 24.0 Å². The number of amides is 1. The van der Waals surface area contributed by atoms with Crippen molar-refractivity contribution in [3.05, 3.63) is 18.0 Å².